The summed E-state index contributed by atoms with van der Waals surface area (Å²) in [6, 6.07) is 6.32. The summed E-state index contributed by atoms with van der Waals surface area (Å²) in [5, 5.41) is 2.62. The molecule has 0 saturated carbocycles. The maximum Gasteiger partial charge on any atom is 0.387 e. The molecule has 0 saturated heterocycles. The fourth-order valence-electron chi connectivity index (χ4n) is 1.32. The molecule has 1 aromatic rings. The van der Waals surface area contributed by atoms with Crippen LogP contribution in [0.1, 0.15) is 12.5 Å². The molecule has 1 amide bonds. The van der Waals surface area contributed by atoms with Gasteiger partial charge in [-0.25, -0.2) is 0 Å². The first-order valence-corrected chi connectivity index (χ1v) is 5.55. The number of hydrogen-bond donors (Lipinski definition) is 2. The lowest BCUT2D eigenvalue weighted by atomic mass is 10.1. The summed E-state index contributed by atoms with van der Waals surface area (Å²) in [5.74, 6) is -0.467. The second-order valence-corrected chi connectivity index (χ2v) is 3.84. The molecule has 0 aliphatic heterocycles. The molecule has 100 valence electrons. The molecule has 0 bridgehead atoms. The van der Waals surface area contributed by atoms with Crippen LogP contribution in [0.15, 0.2) is 24.3 Å². The third-order valence-electron chi connectivity index (χ3n) is 2.44. The van der Waals surface area contributed by atoms with E-state index in [0.717, 1.165) is 0 Å². The van der Waals surface area contributed by atoms with Crippen LogP contribution in [0, 0.1) is 5.92 Å². The second kappa shape index (κ2) is 6.90. The Bertz CT molecular complexity index is 399. The van der Waals surface area contributed by atoms with Gasteiger partial charge in [0, 0.05) is 24.6 Å². The van der Waals surface area contributed by atoms with E-state index in [-0.39, 0.29) is 30.7 Å². The van der Waals surface area contributed by atoms with E-state index < -0.39 is 6.61 Å². The largest absolute Gasteiger partial charge is 0.434 e. The first-order chi connectivity index (χ1) is 8.54. The maximum atomic E-state index is 12.2. The number of alkyl halides is 2. The lowest BCUT2D eigenvalue weighted by Crippen LogP contribution is -2.32. The van der Waals surface area contributed by atoms with Crippen LogP contribution in [0.25, 0.3) is 0 Å². The minimum atomic E-state index is -2.88. The summed E-state index contributed by atoms with van der Waals surface area (Å²) in [4.78, 5) is 11.5. The van der Waals surface area contributed by atoms with Gasteiger partial charge < -0.3 is 15.8 Å². The molecule has 1 atom stereocenters. The Morgan fingerprint density at radius 3 is 2.72 bits per heavy atom. The number of hydrogen-bond acceptors (Lipinski definition) is 3. The maximum absolute atomic E-state index is 12.2. The van der Waals surface area contributed by atoms with Gasteiger partial charge in [-0.1, -0.05) is 25.1 Å². The van der Waals surface area contributed by atoms with Crippen LogP contribution in [-0.2, 0) is 11.3 Å². The van der Waals surface area contributed by atoms with Crippen molar-refractivity contribution in [3.63, 3.8) is 0 Å². The van der Waals surface area contributed by atoms with Crippen LogP contribution in [0.2, 0.25) is 0 Å². The fraction of sp³-hybridized carbons (Fsp3) is 0.417. The van der Waals surface area contributed by atoms with Crippen LogP contribution in [0.4, 0.5) is 8.78 Å². The predicted molar refractivity (Wildman–Crippen MR) is 63.1 cm³/mol. The second-order valence-electron chi connectivity index (χ2n) is 3.84. The van der Waals surface area contributed by atoms with Crippen molar-refractivity contribution in [2.75, 3.05) is 6.54 Å². The molecular weight excluding hydrogens is 242 g/mol. The third-order valence-corrected chi connectivity index (χ3v) is 2.44. The van der Waals surface area contributed by atoms with E-state index in [4.69, 9.17) is 5.73 Å². The molecule has 0 aliphatic carbocycles. The molecular formula is C12H16F2N2O2. The molecule has 1 unspecified atom stereocenters. The molecule has 0 fully saturated rings. The number of carbonyl (C=O) groups excluding carboxylic acids is 1. The average Bonchev–Trinajstić information content (AvgIpc) is 2.35. The first-order valence-electron chi connectivity index (χ1n) is 5.55. The van der Waals surface area contributed by atoms with Gasteiger partial charge in [0.15, 0.2) is 0 Å². The third kappa shape index (κ3) is 4.29. The van der Waals surface area contributed by atoms with Gasteiger partial charge in [-0.2, -0.15) is 8.78 Å². The highest BCUT2D eigenvalue weighted by molar-refractivity contribution is 5.78. The van der Waals surface area contributed by atoms with E-state index in [1.54, 1.807) is 25.1 Å². The van der Waals surface area contributed by atoms with Gasteiger partial charge in [-0.3, -0.25) is 4.79 Å². The Hall–Kier alpha value is -1.69. The van der Waals surface area contributed by atoms with Crippen LogP contribution in [-0.4, -0.2) is 19.1 Å². The van der Waals surface area contributed by atoms with Gasteiger partial charge in [-0.15, -0.1) is 0 Å². The van der Waals surface area contributed by atoms with Crippen LogP contribution in [0.5, 0.6) is 5.75 Å². The number of halogens is 2. The number of rotatable bonds is 6. The number of carbonyl (C=O) groups is 1. The SMILES string of the molecule is CC(CN)C(=O)NCc1ccccc1OC(F)F. The molecule has 0 aromatic heterocycles. The van der Waals surface area contributed by atoms with E-state index in [0.29, 0.717) is 5.56 Å². The normalized spacial score (nSPS) is 12.3. The van der Waals surface area contributed by atoms with E-state index in [1.807, 2.05) is 0 Å². The molecule has 1 aromatic carbocycles. The first kappa shape index (κ1) is 14.4. The molecule has 6 heteroatoms. The number of benzene rings is 1. The number of ether oxygens (including phenoxy) is 1. The predicted octanol–water partition coefficient (Wildman–Crippen LogP) is 1.50. The number of amides is 1. The zero-order chi connectivity index (χ0) is 13.5. The number of nitrogens with one attached hydrogen (secondary N) is 1. The van der Waals surface area contributed by atoms with Gasteiger partial charge in [0.25, 0.3) is 0 Å². The summed E-state index contributed by atoms with van der Waals surface area (Å²) >= 11 is 0. The van der Waals surface area contributed by atoms with Crippen molar-refractivity contribution in [1.29, 1.82) is 0 Å². The minimum absolute atomic E-state index is 0.0631. The Morgan fingerprint density at radius 1 is 1.44 bits per heavy atom. The van der Waals surface area contributed by atoms with Crippen molar-refractivity contribution in [2.24, 2.45) is 11.7 Å². The highest BCUT2D eigenvalue weighted by Crippen LogP contribution is 2.19. The zero-order valence-electron chi connectivity index (χ0n) is 10.0. The summed E-state index contributed by atoms with van der Waals surface area (Å²) in [5.41, 5.74) is 5.85. The van der Waals surface area contributed by atoms with Gasteiger partial charge in [0.05, 0.1) is 0 Å². The molecule has 18 heavy (non-hydrogen) atoms. The quantitative estimate of drug-likeness (QED) is 0.812. The van der Waals surface area contributed by atoms with E-state index in [2.05, 4.69) is 10.1 Å². The molecule has 0 heterocycles. The molecule has 4 nitrogen and oxygen atoms in total. The van der Waals surface area contributed by atoms with Crippen LogP contribution >= 0.6 is 0 Å². The van der Waals surface area contributed by atoms with Crippen molar-refractivity contribution in [1.82, 2.24) is 5.32 Å². The molecule has 1 rings (SSSR count). The van der Waals surface area contributed by atoms with Crippen molar-refractivity contribution >= 4 is 5.91 Å². The Morgan fingerprint density at radius 2 is 2.11 bits per heavy atom. The summed E-state index contributed by atoms with van der Waals surface area (Å²) in [6.07, 6.45) is 0. The van der Waals surface area contributed by atoms with E-state index >= 15 is 0 Å². The van der Waals surface area contributed by atoms with Gasteiger partial charge >= 0.3 is 6.61 Å². The van der Waals surface area contributed by atoms with Crippen molar-refractivity contribution < 1.29 is 18.3 Å². The van der Waals surface area contributed by atoms with Crippen molar-refractivity contribution in [2.45, 2.75) is 20.1 Å². The van der Waals surface area contributed by atoms with Gasteiger partial charge in [0.2, 0.25) is 5.91 Å². The topological polar surface area (TPSA) is 64.4 Å². The van der Waals surface area contributed by atoms with E-state index in [9.17, 15) is 13.6 Å². The van der Waals surface area contributed by atoms with Gasteiger partial charge in [-0.05, 0) is 6.07 Å². The summed E-state index contributed by atoms with van der Waals surface area (Å²) in [6.45, 7) is -0.825. The van der Waals surface area contributed by atoms with Crippen molar-refractivity contribution in [3.05, 3.63) is 29.8 Å². The lowest BCUT2D eigenvalue weighted by Gasteiger charge is -2.13. The Kier molecular flexibility index (Phi) is 5.51. The van der Waals surface area contributed by atoms with Crippen LogP contribution in [0.3, 0.4) is 0 Å². The average molecular weight is 258 g/mol. The Labute approximate surface area is 104 Å². The molecule has 3 N–H and O–H groups in total. The highest BCUT2D eigenvalue weighted by Gasteiger charge is 2.12. The standard InChI is InChI=1S/C12H16F2N2O2/c1-8(6-15)11(17)16-7-9-4-2-3-5-10(9)18-12(13)14/h2-5,8,12H,6-7,15H2,1H3,(H,16,17). The van der Waals surface area contributed by atoms with Gasteiger partial charge in [0.1, 0.15) is 5.75 Å². The molecule has 0 spiro atoms. The summed E-state index contributed by atoms with van der Waals surface area (Å²) < 4.78 is 28.7. The fourth-order valence-corrected chi connectivity index (χ4v) is 1.32. The minimum Gasteiger partial charge on any atom is -0.434 e. The summed E-state index contributed by atoms with van der Waals surface area (Å²) in [7, 11) is 0. The van der Waals surface area contributed by atoms with Crippen LogP contribution < -0.4 is 15.8 Å². The number of nitrogens with two attached hydrogens (primary N) is 1. The van der Waals surface area contributed by atoms with Crippen molar-refractivity contribution in [3.8, 4) is 5.75 Å². The molecule has 0 aliphatic rings. The monoisotopic (exact) mass is 258 g/mol. The highest BCUT2D eigenvalue weighted by atomic mass is 19.3. The molecule has 0 radical (unpaired) electrons. The number of para-hydroxylation sites is 1. The zero-order valence-corrected chi connectivity index (χ0v) is 10.0. The Balaban J connectivity index is 2.64. The smallest absolute Gasteiger partial charge is 0.387 e. The van der Waals surface area contributed by atoms with E-state index in [1.165, 1.54) is 6.07 Å². The lowest BCUT2D eigenvalue weighted by molar-refractivity contribution is -0.124.